The number of nitrogens with two attached hydrogens (primary N) is 1. The lowest BCUT2D eigenvalue weighted by atomic mass is 9.73. The first-order chi connectivity index (χ1) is 5.60. The summed E-state index contributed by atoms with van der Waals surface area (Å²) >= 11 is 0. The van der Waals surface area contributed by atoms with Gasteiger partial charge >= 0.3 is 5.97 Å². The molecule has 0 amide bonds. The average Bonchev–Trinajstić information content (AvgIpc) is 2.06. The number of halogens is 1. The number of rotatable bonds is 2. The van der Waals surface area contributed by atoms with Gasteiger partial charge in [-0.3, -0.25) is 4.79 Å². The standard InChI is InChI=1S/C8H14FNO2/c9-6-1-3-8(5-10,4-2-6)7(11)12/h6H,1-5,10H2,(H,11,12). The smallest absolute Gasteiger partial charge is 0.310 e. The fraction of sp³-hybridized carbons (Fsp3) is 0.875. The van der Waals surface area contributed by atoms with Crippen molar-refractivity contribution >= 4 is 5.97 Å². The summed E-state index contributed by atoms with van der Waals surface area (Å²) in [5.74, 6) is -0.878. The van der Waals surface area contributed by atoms with Gasteiger partial charge in [-0.15, -0.1) is 0 Å². The van der Waals surface area contributed by atoms with Crippen molar-refractivity contribution in [2.24, 2.45) is 11.1 Å². The highest BCUT2D eigenvalue weighted by Gasteiger charge is 2.40. The summed E-state index contributed by atoms with van der Waals surface area (Å²) in [6.45, 7) is 0.120. The highest BCUT2D eigenvalue weighted by atomic mass is 19.1. The molecule has 4 heteroatoms. The van der Waals surface area contributed by atoms with E-state index in [-0.39, 0.29) is 6.54 Å². The van der Waals surface area contributed by atoms with Crippen LogP contribution in [0.25, 0.3) is 0 Å². The molecule has 1 aliphatic rings. The first-order valence-corrected chi connectivity index (χ1v) is 4.18. The van der Waals surface area contributed by atoms with Gasteiger partial charge in [-0.25, -0.2) is 4.39 Å². The molecule has 0 saturated heterocycles. The molecule has 70 valence electrons. The van der Waals surface area contributed by atoms with Crippen molar-refractivity contribution in [3.63, 3.8) is 0 Å². The zero-order chi connectivity index (χ0) is 9.19. The van der Waals surface area contributed by atoms with Crippen molar-refractivity contribution in [1.82, 2.24) is 0 Å². The van der Waals surface area contributed by atoms with Gasteiger partial charge in [0.1, 0.15) is 6.17 Å². The highest BCUT2D eigenvalue weighted by molar-refractivity contribution is 5.75. The van der Waals surface area contributed by atoms with Gasteiger partial charge in [0.25, 0.3) is 0 Å². The molecule has 0 heterocycles. The molecule has 0 aliphatic heterocycles. The van der Waals surface area contributed by atoms with E-state index in [2.05, 4.69) is 0 Å². The summed E-state index contributed by atoms with van der Waals surface area (Å²) in [4.78, 5) is 10.8. The van der Waals surface area contributed by atoms with E-state index in [1.807, 2.05) is 0 Å². The van der Waals surface area contributed by atoms with Crippen molar-refractivity contribution in [3.8, 4) is 0 Å². The lowest BCUT2D eigenvalue weighted by Crippen LogP contribution is -2.42. The molecule has 1 saturated carbocycles. The van der Waals surface area contributed by atoms with Crippen LogP contribution < -0.4 is 5.73 Å². The summed E-state index contributed by atoms with van der Waals surface area (Å²) in [7, 11) is 0. The predicted molar refractivity (Wildman–Crippen MR) is 42.5 cm³/mol. The molecule has 3 nitrogen and oxygen atoms in total. The van der Waals surface area contributed by atoms with Crippen LogP contribution in [0.2, 0.25) is 0 Å². The summed E-state index contributed by atoms with van der Waals surface area (Å²) in [6, 6.07) is 0. The molecule has 0 radical (unpaired) electrons. The Balaban J connectivity index is 2.63. The Morgan fingerprint density at radius 2 is 2.08 bits per heavy atom. The fourth-order valence-electron chi connectivity index (χ4n) is 1.64. The summed E-state index contributed by atoms with van der Waals surface area (Å²) in [5, 5.41) is 8.87. The molecule has 1 rings (SSSR count). The number of alkyl halides is 1. The number of carboxylic acid groups (broad SMARTS) is 1. The molecule has 1 aliphatic carbocycles. The first kappa shape index (κ1) is 9.45. The Hall–Kier alpha value is -0.640. The maximum Gasteiger partial charge on any atom is 0.310 e. The normalized spacial score (nSPS) is 36.3. The molecule has 0 unspecified atom stereocenters. The first-order valence-electron chi connectivity index (χ1n) is 4.18. The lowest BCUT2D eigenvalue weighted by molar-refractivity contribution is -0.151. The maximum absolute atomic E-state index is 12.7. The lowest BCUT2D eigenvalue weighted by Gasteiger charge is -2.33. The minimum Gasteiger partial charge on any atom is -0.481 e. The molecule has 0 aromatic rings. The molecular weight excluding hydrogens is 161 g/mol. The third-order valence-corrected chi connectivity index (χ3v) is 2.72. The SMILES string of the molecule is NCC1(C(=O)O)CCC(F)CC1. The molecule has 12 heavy (non-hydrogen) atoms. The number of carbonyl (C=O) groups is 1. The van der Waals surface area contributed by atoms with E-state index in [1.54, 1.807) is 0 Å². The Morgan fingerprint density at radius 1 is 1.58 bits per heavy atom. The minimum atomic E-state index is -0.878. The maximum atomic E-state index is 12.7. The zero-order valence-electron chi connectivity index (χ0n) is 6.92. The van der Waals surface area contributed by atoms with E-state index in [4.69, 9.17) is 10.8 Å². The topological polar surface area (TPSA) is 63.3 Å². The Morgan fingerprint density at radius 3 is 2.42 bits per heavy atom. The van der Waals surface area contributed by atoms with Gasteiger partial charge in [0.15, 0.2) is 0 Å². The van der Waals surface area contributed by atoms with Crippen LogP contribution in [0.5, 0.6) is 0 Å². The molecular formula is C8H14FNO2. The quantitative estimate of drug-likeness (QED) is 0.656. The van der Waals surface area contributed by atoms with Crippen LogP contribution >= 0.6 is 0 Å². The van der Waals surface area contributed by atoms with E-state index in [0.717, 1.165) is 0 Å². The van der Waals surface area contributed by atoms with Gasteiger partial charge < -0.3 is 10.8 Å². The van der Waals surface area contributed by atoms with Crippen LogP contribution in [-0.4, -0.2) is 23.8 Å². The van der Waals surface area contributed by atoms with Crippen molar-refractivity contribution in [2.45, 2.75) is 31.9 Å². The van der Waals surface area contributed by atoms with E-state index >= 15 is 0 Å². The second-order valence-corrected chi connectivity index (χ2v) is 3.46. The number of hydrogen-bond acceptors (Lipinski definition) is 2. The summed E-state index contributed by atoms with van der Waals surface area (Å²) in [6.07, 6.45) is 0.594. The predicted octanol–water partition coefficient (Wildman–Crippen LogP) is 0.928. The van der Waals surface area contributed by atoms with Crippen LogP contribution in [0, 0.1) is 5.41 Å². The van der Waals surface area contributed by atoms with Crippen molar-refractivity contribution < 1.29 is 14.3 Å². The van der Waals surface area contributed by atoms with Gasteiger partial charge in [0.2, 0.25) is 0 Å². The highest BCUT2D eigenvalue weighted by Crippen LogP contribution is 2.36. The molecule has 0 spiro atoms. The Labute approximate surface area is 70.7 Å². The average molecular weight is 175 g/mol. The van der Waals surface area contributed by atoms with E-state index in [9.17, 15) is 9.18 Å². The number of hydrogen-bond donors (Lipinski definition) is 2. The van der Waals surface area contributed by atoms with Gasteiger partial charge in [0, 0.05) is 6.54 Å². The molecule has 0 aromatic heterocycles. The second-order valence-electron chi connectivity index (χ2n) is 3.46. The summed E-state index contributed by atoms with van der Waals surface area (Å²) < 4.78 is 12.7. The third-order valence-electron chi connectivity index (χ3n) is 2.72. The van der Waals surface area contributed by atoms with Gasteiger partial charge in [-0.2, -0.15) is 0 Å². The number of aliphatic carboxylic acids is 1. The molecule has 0 bridgehead atoms. The molecule has 1 fully saturated rings. The van der Waals surface area contributed by atoms with Crippen molar-refractivity contribution in [3.05, 3.63) is 0 Å². The van der Waals surface area contributed by atoms with Crippen LogP contribution in [-0.2, 0) is 4.79 Å². The van der Waals surface area contributed by atoms with Crippen LogP contribution in [0.4, 0.5) is 4.39 Å². The summed E-state index contributed by atoms with van der Waals surface area (Å²) in [5.41, 5.74) is 4.54. The van der Waals surface area contributed by atoms with Crippen LogP contribution in [0.3, 0.4) is 0 Å². The van der Waals surface area contributed by atoms with Crippen LogP contribution in [0.1, 0.15) is 25.7 Å². The van der Waals surface area contributed by atoms with Gasteiger partial charge in [-0.1, -0.05) is 0 Å². The van der Waals surface area contributed by atoms with E-state index in [0.29, 0.717) is 25.7 Å². The van der Waals surface area contributed by atoms with E-state index < -0.39 is 17.6 Å². The monoisotopic (exact) mass is 175 g/mol. The van der Waals surface area contributed by atoms with Crippen molar-refractivity contribution in [1.29, 1.82) is 0 Å². The minimum absolute atomic E-state index is 0.120. The van der Waals surface area contributed by atoms with Gasteiger partial charge in [-0.05, 0) is 25.7 Å². The fourth-order valence-corrected chi connectivity index (χ4v) is 1.64. The van der Waals surface area contributed by atoms with Crippen LogP contribution in [0.15, 0.2) is 0 Å². The second kappa shape index (κ2) is 3.39. The molecule has 0 atom stereocenters. The Kier molecular flexibility index (Phi) is 2.67. The zero-order valence-corrected chi connectivity index (χ0v) is 6.92. The van der Waals surface area contributed by atoms with Gasteiger partial charge in [0.05, 0.1) is 5.41 Å². The van der Waals surface area contributed by atoms with E-state index in [1.165, 1.54) is 0 Å². The molecule has 3 N–H and O–H groups in total. The molecule has 0 aromatic carbocycles. The number of carboxylic acids is 1. The third kappa shape index (κ3) is 1.58. The Bertz CT molecular complexity index is 176. The largest absolute Gasteiger partial charge is 0.481 e. The van der Waals surface area contributed by atoms with Crippen molar-refractivity contribution in [2.75, 3.05) is 6.54 Å².